The van der Waals surface area contributed by atoms with Crippen molar-refractivity contribution in [3.05, 3.63) is 66.2 Å². The minimum atomic E-state index is -0.384. The van der Waals surface area contributed by atoms with Gasteiger partial charge in [-0.25, -0.2) is 0 Å². The molecule has 1 aromatic carbocycles. The van der Waals surface area contributed by atoms with Gasteiger partial charge >= 0.3 is 0 Å². The number of fused-ring (bicyclic) bond motifs is 1. The lowest BCUT2D eigenvalue weighted by Crippen LogP contribution is -2.41. The Hall–Kier alpha value is -4.01. The molecule has 1 aromatic heterocycles. The zero-order valence-corrected chi connectivity index (χ0v) is 19.4. The smallest absolute Gasteiger partial charge is 0.239 e. The van der Waals surface area contributed by atoms with Gasteiger partial charge < -0.3 is 31.1 Å². The number of benzene rings is 1. The summed E-state index contributed by atoms with van der Waals surface area (Å²) in [5.41, 5.74) is 2.39. The first-order valence-corrected chi connectivity index (χ1v) is 11.2. The molecule has 9 heteroatoms. The number of methoxy groups -OCH3 is 1. The van der Waals surface area contributed by atoms with Gasteiger partial charge in [0, 0.05) is 35.8 Å². The monoisotopic (exact) mass is 465 g/mol. The Bertz CT molecular complexity index is 1100. The SMILES string of the molecule is COc1cc(NC(C)CCCNC(=O)CNC(=O)CNC(O)=C2C=CC=C2)c2ncccc2c1. The van der Waals surface area contributed by atoms with Crippen LogP contribution in [0.1, 0.15) is 19.8 Å². The van der Waals surface area contributed by atoms with E-state index in [0.717, 1.165) is 35.2 Å². The van der Waals surface area contributed by atoms with Crippen LogP contribution in [0.5, 0.6) is 5.75 Å². The Morgan fingerprint density at radius 1 is 1.09 bits per heavy atom. The van der Waals surface area contributed by atoms with Crippen molar-refractivity contribution < 1.29 is 19.4 Å². The van der Waals surface area contributed by atoms with Crippen LogP contribution in [0.2, 0.25) is 0 Å². The van der Waals surface area contributed by atoms with Gasteiger partial charge in [-0.05, 0) is 44.1 Å². The summed E-state index contributed by atoms with van der Waals surface area (Å²) < 4.78 is 5.39. The first-order chi connectivity index (χ1) is 16.5. The van der Waals surface area contributed by atoms with Crippen LogP contribution in [0.4, 0.5) is 5.69 Å². The van der Waals surface area contributed by atoms with E-state index in [-0.39, 0.29) is 36.8 Å². The average molecular weight is 466 g/mol. The number of aliphatic hydroxyl groups excluding tert-OH is 1. The molecule has 34 heavy (non-hydrogen) atoms. The van der Waals surface area contributed by atoms with Gasteiger partial charge in [0.15, 0.2) is 5.88 Å². The van der Waals surface area contributed by atoms with Gasteiger partial charge in [0.25, 0.3) is 0 Å². The van der Waals surface area contributed by atoms with E-state index in [4.69, 9.17) is 4.74 Å². The van der Waals surface area contributed by atoms with Crippen molar-refractivity contribution in [2.75, 3.05) is 32.1 Å². The third-order valence-electron chi connectivity index (χ3n) is 5.25. The molecule has 0 bridgehead atoms. The summed E-state index contributed by atoms with van der Waals surface area (Å²) in [6.07, 6.45) is 10.4. The molecule has 0 saturated heterocycles. The quantitative estimate of drug-likeness (QED) is 0.241. The molecule has 1 atom stereocenters. The summed E-state index contributed by atoms with van der Waals surface area (Å²) in [7, 11) is 1.64. The standard InChI is InChI=1S/C25H31N5O4/c1-17(30-21-14-20(34-2)13-19-10-6-12-27-24(19)21)7-5-11-26-22(31)15-28-23(32)16-29-25(33)18-8-3-4-9-18/h3-4,6,8-10,12-14,17,29-30,33H,5,7,11,15-16H2,1-2H3,(H,26,31)(H,28,32). The molecule has 1 aliphatic carbocycles. The number of hydrogen-bond acceptors (Lipinski definition) is 7. The van der Waals surface area contributed by atoms with Crippen LogP contribution in [0.25, 0.3) is 10.9 Å². The average Bonchev–Trinajstić information content (AvgIpc) is 3.39. The number of carbonyl (C=O) groups is 2. The molecule has 0 fully saturated rings. The van der Waals surface area contributed by atoms with Crippen LogP contribution >= 0.6 is 0 Å². The molecule has 0 spiro atoms. The maximum Gasteiger partial charge on any atom is 0.239 e. The van der Waals surface area contributed by atoms with Crippen molar-refractivity contribution in [1.29, 1.82) is 0 Å². The molecule has 0 aliphatic heterocycles. The maximum absolute atomic E-state index is 12.0. The molecule has 0 radical (unpaired) electrons. The fourth-order valence-corrected chi connectivity index (χ4v) is 3.47. The third kappa shape index (κ3) is 7.26. The third-order valence-corrected chi connectivity index (χ3v) is 5.25. The molecule has 5 N–H and O–H groups in total. The van der Waals surface area contributed by atoms with Crippen molar-refractivity contribution in [3.8, 4) is 5.75 Å². The number of nitrogens with zero attached hydrogens (tertiary/aromatic N) is 1. The number of hydrogen-bond donors (Lipinski definition) is 5. The second-order valence-electron chi connectivity index (χ2n) is 7.94. The molecular formula is C25H31N5O4. The molecule has 9 nitrogen and oxygen atoms in total. The van der Waals surface area contributed by atoms with Gasteiger partial charge in [0.05, 0.1) is 31.4 Å². The van der Waals surface area contributed by atoms with Crippen molar-refractivity contribution in [2.45, 2.75) is 25.8 Å². The first-order valence-electron chi connectivity index (χ1n) is 11.2. The minimum absolute atomic E-state index is 0.0787. The van der Waals surface area contributed by atoms with E-state index in [0.29, 0.717) is 12.1 Å². The van der Waals surface area contributed by atoms with E-state index in [9.17, 15) is 14.7 Å². The van der Waals surface area contributed by atoms with Crippen molar-refractivity contribution in [1.82, 2.24) is 20.9 Å². The zero-order valence-electron chi connectivity index (χ0n) is 19.4. The molecule has 2 amide bonds. The maximum atomic E-state index is 12.0. The topological polar surface area (TPSA) is 125 Å². The normalized spacial score (nSPS) is 12.9. The Labute approximate surface area is 199 Å². The lowest BCUT2D eigenvalue weighted by atomic mass is 10.1. The van der Waals surface area contributed by atoms with E-state index in [2.05, 4.69) is 33.2 Å². The highest BCUT2D eigenvalue weighted by Crippen LogP contribution is 2.28. The van der Waals surface area contributed by atoms with Crippen LogP contribution in [-0.2, 0) is 9.59 Å². The van der Waals surface area contributed by atoms with Crippen LogP contribution < -0.4 is 26.0 Å². The molecular weight excluding hydrogens is 434 g/mol. The molecule has 2 aromatic rings. The number of amides is 2. The highest BCUT2D eigenvalue weighted by molar-refractivity contribution is 5.92. The predicted molar refractivity (Wildman–Crippen MR) is 133 cm³/mol. The van der Waals surface area contributed by atoms with E-state index in [1.54, 1.807) is 37.6 Å². The lowest BCUT2D eigenvalue weighted by Gasteiger charge is -2.17. The van der Waals surface area contributed by atoms with Crippen LogP contribution in [-0.4, -0.2) is 54.7 Å². The Morgan fingerprint density at radius 3 is 2.59 bits per heavy atom. The number of allylic oxidation sites excluding steroid dienone is 5. The fraction of sp³-hybridized carbons (Fsp3) is 0.320. The molecule has 180 valence electrons. The summed E-state index contributed by atoms with van der Waals surface area (Å²) in [4.78, 5) is 28.3. The minimum Gasteiger partial charge on any atom is -0.497 e. The number of rotatable bonds is 12. The van der Waals surface area contributed by atoms with Gasteiger partial charge in [0.2, 0.25) is 11.8 Å². The summed E-state index contributed by atoms with van der Waals surface area (Å²) in [5.74, 6) is 0.0372. The Morgan fingerprint density at radius 2 is 1.82 bits per heavy atom. The number of aromatic nitrogens is 1. The van der Waals surface area contributed by atoms with Gasteiger partial charge in [-0.1, -0.05) is 18.2 Å². The summed E-state index contributed by atoms with van der Waals surface area (Å²) in [5, 5.41) is 22.3. The molecule has 1 aliphatic rings. The molecule has 1 unspecified atom stereocenters. The van der Waals surface area contributed by atoms with Crippen LogP contribution in [0.3, 0.4) is 0 Å². The number of ether oxygens (including phenoxy) is 1. The van der Waals surface area contributed by atoms with E-state index < -0.39 is 0 Å². The number of aliphatic hydroxyl groups is 1. The fourth-order valence-electron chi connectivity index (χ4n) is 3.47. The summed E-state index contributed by atoms with van der Waals surface area (Å²) in [6.45, 7) is 2.33. The second kappa shape index (κ2) is 12.3. The number of pyridine rings is 1. The number of anilines is 1. The van der Waals surface area contributed by atoms with E-state index in [1.807, 2.05) is 24.3 Å². The van der Waals surface area contributed by atoms with Gasteiger partial charge in [-0.2, -0.15) is 0 Å². The second-order valence-corrected chi connectivity index (χ2v) is 7.94. The van der Waals surface area contributed by atoms with E-state index >= 15 is 0 Å². The number of carbonyl (C=O) groups excluding carboxylic acids is 2. The van der Waals surface area contributed by atoms with Crippen molar-refractivity contribution in [2.24, 2.45) is 0 Å². The summed E-state index contributed by atoms with van der Waals surface area (Å²) >= 11 is 0. The Kier molecular flexibility index (Phi) is 8.90. The molecule has 1 heterocycles. The van der Waals surface area contributed by atoms with Crippen LogP contribution in [0, 0.1) is 0 Å². The van der Waals surface area contributed by atoms with E-state index in [1.165, 1.54) is 0 Å². The largest absolute Gasteiger partial charge is 0.497 e. The van der Waals surface area contributed by atoms with Crippen molar-refractivity contribution >= 4 is 28.4 Å². The van der Waals surface area contributed by atoms with Gasteiger partial charge in [-0.15, -0.1) is 0 Å². The van der Waals surface area contributed by atoms with Gasteiger partial charge in [-0.3, -0.25) is 14.6 Å². The Balaban J connectivity index is 1.34. The van der Waals surface area contributed by atoms with Crippen molar-refractivity contribution in [3.63, 3.8) is 0 Å². The lowest BCUT2D eigenvalue weighted by molar-refractivity contribution is -0.125. The zero-order chi connectivity index (χ0) is 24.3. The first kappa shape index (κ1) is 24.6. The highest BCUT2D eigenvalue weighted by atomic mass is 16.5. The number of nitrogens with one attached hydrogen (secondary N) is 4. The van der Waals surface area contributed by atoms with Crippen LogP contribution in [0.15, 0.2) is 66.2 Å². The highest BCUT2D eigenvalue weighted by Gasteiger charge is 2.10. The molecule has 0 saturated carbocycles. The predicted octanol–water partition coefficient (Wildman–Crippen LogP) is 2.54. The molecule has 3 rings (SSSR count). The van der Waals surface area contributed by atoms with Gasteiger partial charge in [0.1, 0.15) is 5.75 Å². The summed E-state index contributed by atoms with van der Waals surface area (Å²) in [6, 6.07) is 7.93.